The maximum atomic E-state index is 11.4. The number of nitrogens with zero attached hydrogens (tertiary/aromatic N) is 1. The zero-order valence-corrected chi connectivity index (χ0v) is 9.82. The first-order valence-corrected chi connectivity index (χ1v) is 5.40. The summed E-state index contributed by atoms with van der Waals surface area (Å²) in [6, 6.07) is 1.49. The van der Waals surface area contributed by atoms with E-state index in [1.807, 2.05) is 0 Å². The number of hydrogen-bond acceptors (Lipinski definition) is 6. The molecule has 6 nitrogen and oxygen atoms in total. The van der Waals surface area contributed by atoms with E-state index >= 15 is 0 Å². The fourth-order valence-corrected chi connectivity index (χ4v) is 1.91. The molecular formula is C9H9BN2O4S. The molecular weight excluding hydrogens is 243 g/mol. The van der Waals surface area contributed by atoms with Crippen LogP contribution in [0.25, 0.3) is 0 Å². The van der Waals surface area contributed by atoms with E-state index in [0.29, 0.717) is 17.0 Å². The van der Waals surface area contributed by atoms with Gasteiger partial charge < -0.3 is 14.8 Å². The maximum absolute atomic E-state index is 11.4. The lowest BCUT2D eigenvalue weighted by molar-refractivity contribution is -0.143. The quantitative estimate of drug-likeness (QED) is 0.473. The monoisotopic (exact) mass is 252 g/mol. The highest BCUT2D eigenvalue weighted by Crippen LogP contribution is 2.25. The first kappa shape index (κ1) is 13.4. The number of aromatic nitrogens is 1. The molecule has 0 fully saturated rings. The normalized spacial score (nSPS) is 11.6. The Kier molecular flexibility index (Phi) is 4.83. The molecule has 0 aliphatic heterocycles. The third kappa shape index (κ3) is 3.67. The van der Waals surface area contributed by atoms with Crippen LogP contribution in [0.4, 0.5) is 9.80 Å². The van der Waals surface area contributed by atoms with E-state index in [9.17, 15) is 14.4 Å². The summed E-state index contributed by atoms with van der Waals surface area (Å²) in [5, 5.41) is 2.74. The summed E-state index contributed by atoms with van der Waals surface area (Å²) in [5.41, 5.74) is 0.373. The van der Waals surface area contributed by atoms with Crippen LogP contribution in [0.3, 0.4) is 0 Å². The van der Waals surface area contributed by atoms with Crippen LogP contribution in [-0.4, -0.2) is 37.4 Å². The van der Waals surface area contributed by atoms with E-state index < -0.39 is 17.7 Å². The summed E-state index contributed by atoms with van der Waals surface area (Å²) < 4.78 is 8.53. The minimum Gasteiger partial charge on any atom is -0.468 e. The number of nitrogens with one attached hydrogen (secondary N) is 1. The van der Waals surface area contributed by atoms with Crippen LogP contribution in [0.15, 0.2) is 6.07 Å². The molecule has 0 saturated carbocycles. The van der Waals surface area contributed by atoms with Crippen LogP contribution >= 0.6 is 11.5 Å². The second-order valence-electron chi connectivity index (χ2n) is 3.08. The third-order valence-corrected chi connectivity index (χ3v) is 2.67. The summed E-state index contributed by atoms with van der Waals surface area (Å²) in [6.07, 6.45) is 0.592. The summed E-state index contributed by atoms with van der Waals surface area (Å²) in [4.78, 5) is 32.5. The molecule has 0 spiro atoms. The van der Waals surface area contributed by atoms with Gasteiger partial charge in [-0.3, -0.25) is 9.59 Å². The average Bonchev–Trinajstić information content (AvgIpc) is 2.72. The molecule has 1 N–H and O–H groups in total. The Balaban J connectivity index is 2.87. The second kappa shape index (κ2) is 6.14. The van der Waals surface area contributed by atoms with E-state index in [4.69, 9.17) is 7.85 Å². The van der Waals surface area contributed by atoms with Crippen molar-refractivity contribution in [1.82, 2.24) is 4.37 Å². The molecule has 17 heavy (non-hydrogen) atoms. The highest BCUT2D eigenvalue weighted by molar-refractivity contribution is 7.10. The maximum Gasteiger partial charge on any atom is 0.315 e. The molecule has 2 radical (unpaired) electrons. The van der Waals surface area contributed by atoms with E-state index in [-0.39, 0.29) is 6.42 Å². The fourth-order valence-electron chi connectivity index (χ4n) is 1.21. The van der Waals surface area contributed by atoms with Crippen molar-refractivity contribution in [3.63, 3.8) is 0 Å². The predicted octanol–water partition coefficient (Wildman–Crippen LogP) is 0.689. The Morgan fingerprint density at radius 3 is 2.94 bits per heavy atom. The van der Waals surface area contributed by atoms with Crippen molar-refractivity contribution in [2.45, 2.75) is 12.3 Å². The number of rotatable bonds is 5. The van der Waals surface area contributed by atoms with E-state index in [1.165, 1.54) is 13.2 Å². The molecule has 0 bridgehead atoms. The van der Waals surface area contributed by atoms with Crippen molar-refractivity contribution in [3.8, 4) is 0 Å². The van der Waals surface area contributed by atoms with Crippen molar-refractivity contribution < 1.29 is 19.1 Å². The highest BCUT2D eigenvalue weighted by atomic mass is 32.1. The average molecular weight is 252 g/mol. The van der Waals surface area contributed by atoms with Gasteiger partial charge in [0.15, 0.2) is 5.81 Å². The zero-order chi connectivity index (χ0) is 12.8. The van der Waals surface area contributed by atoms with Gasteiger partial charge in [-0.2, -0.15) is 4.37 Å². The number of carbonyl (C=O) groups is 3. The minimum absolute atomic E-state index is 0.0214. The van der Waals surface area contributed by atoms with E-state index in [1.54, 1.807) is 0 Å². The molecule has 0 aliphatic rings. The molecule has 0 aromatic carbocycles. The molecule has 1 aromatic heterocycles. The van der Waals surface area contributed by atoms with Gasteiger partial charge in [0.1, 0.15) is 17.2 Å². The molecule has 1 heterocycles. The second-order valence-corrected chi connectivity index (χ2v) is 3.89. The largest absolute Gasteiger partial charge is 0.468 e. The summed E-state index contributed by atoms with van der Waals surface area (Å²) in [6.45, 7) is 0. The van der Waals surface area contributed by atoms with E-state index in [2.05, 4.69) is 14.4 Å². The van der Waals surface area contributed by atoms with Gasteiger partial charge in [0.25, 0.3) is 0 Å². The van der Waals surface area contributed by atoms with Gasteiger partial charge in [0, 0.05) is 6.42 Å². The Labute approximate surface area is 103 Å². The van der Waals surface area contributed by atoms with Crippen molar-refractivity contribution in [1.29, 1.82) is 0 Å². The first-order chi connectivity index (χ1) is 8.08. The number of ether oxygens (including phenoxy) is 1. The predicted molar refractivity (Wildman–Crippen MR) is 62.3 cm³/mol. The Hall–Kier alpha value is -1.70. The van der Waals surface area contributed by atoms with Crippen LogP contribution in [-0.2, 0) is 14.3 Å². The Morgan fingerprint density at radius 2 is 2.41 bits per heavy atom. The summed E-state index contributed by atoms with van der Waals surface area (Å²) in [7, 11) is 6.17. The standard InChI is InChI=1S/C9H9BN2O4S/c1-16-8(14)5(2-3-13)6-4-7(17-12-6)11-9(10)15/h3-5H,2H2,1H3,(H,11,15). The minimum atomic E-state index is -0.753. The number of methoxy groups -OCH3 is 1. The summed E-state index contributed by atoms with van der Waals surface area (Å²) >= 11 is 0.974. The van der Waals surface area contributed by atoms with Gasteiger partial charge in [0.05, 0.1) is 12.8 Å². The molecule has 0 saturated heterocycles. The SMILES string of the molecule is [B]C(=O)Nc1cc(C(CC=O)C(=O)OC)ns1. The number of amides is 1. The van der Waals surface area contributed by atoms with Gasteiger partial charge in [-0.1, -0.05) is 0 Å². The summed E-state index contributed by atoms with van der Waals surface area (Å²) in [5.74, 6) is -2.02. The van der Waals surface area contributed by atoms with Crippen molar-refractivity contribution in [2.24, 2.45) is 0 Å². The first-order valence-electron chi connectivity index (χ1n) is 4.63. The van der Waals surface area contributed by atoms with Gasteiger partial charge in [-0.15, -0.1) is 0 Å². The van der Waals surface area contributed by atoms with Crippen molar-refractivity contribution >= 4 is 42.4 Å². The number of aldehydes is 1. The molecule has 1 amide bonds. The van der Waals surface area contributed by atoms with E-state index in [0.717, 1.165) is 11.5 Å². The van der Waals surface area contributed by atoms with Gasteiger partial charge in [0.2, 0.25) is 7.85 Å². The third-order valence-electron chi connectivity index (χ3n) is 1.95. The van der Waals surface area contributed by atoms with Gasteiger partial charge >= 0.3 is 5.97 Å². The van der Waals surface area contributed by atoms with Crippen LogP contribution < -0.4 is 5.32 Å². The zero-order valence-electron chi connectivity index (χ0n) is 9.00. The molecule has 1 rings (SSSR count). The van der Waals surface area contributed by atoms with Crippen LogP contribution in [0.1, 0.15) is 18.0 Å². The number of hydrogen-bond donors (Lipinski definition) is 1. The molecule has 1 aromatic rings. The Bertz CT molecular complexity index is 434. The van der Waals surface area contributed by atoms with Crippen molar-refractivity contribution in [2.75, 3.05) is 12.4 Å². The lowest BCUT2D eigenvalue weighted by atomic mass is 10.0. The molecule has 1 unspecified atom stereocenters. The topological polar surface area (TPSA) is 85.4 Å². The van der Waals surface area contributed by atoms with Crippen LogP contribution in [0, 0.1) is 0 Å². The van der Waals surface area contributed by atoms with Crippen molar-refractivity contribution in [3.05, 3.63) is 11.8 Å². The van der Waals surface area contributed by atoms with Gasteiger partial charge in [-0.05, 0) is 17.6 Å². The molecule has 0 aliphatic carbocycles. The number of anilines is 1. The smallest absolute Gasteiger partial charge is 0.315 e. The lowest BCUT2D eigenvalue weighted by Gasteiger charge is -2.07. The van der Waals surface area contributed by atoms with Gasteiger partial charge in [-0.25, -0.2) is 0 Å². The Morgan fingerprint density at radius 1 is 1.71 bits per heavy atom. The highest BCUT2D eigenvalue weighted by Gasteiger charge is 2.24. The molecule has 8 heteroatoms. The lowest BCUT2D eigenvalue weighted by Crippen LogP contribution is -2.15. The number of carbonyl (C=O) groups excluding carboxylic acids is 3. The molecule has 1 atom stereocenters. The van der Waals surface area contributed by atoms with Crippen LogP contribution in [0.5, 0.6) is 0 Å². The number of esters is 1. The fraction of sp³-hybridized carbons (Fsp3) is 0.333. The van der Waals surface area contributed by atoms with Crippen LogP contribution in [0.2, 0.25) is 0 Å². The molecule has 88 valence electrons.